The first-order valence-corrected chi connectivity index (χ1v) is 6.36. The van der Waals surface area contributed by atoms with Gasteiger partial charge in [-0.1, -0.05) is 13.0 Å². The number of benzene rings is 1. The highest BCUT2D eigenvalue weighted by molar-refractivity contribution is 5.23. The molecule has 0 spiro atoms. The third kappa shape index (κ3) is 2.70. The zero-order chi connectivity index (χ0) is 13.2. The summed E-state index contributed by atoms with van der Waals surface area (Å²) in [6, 6.07) is 3.91. The van der Waals surface area contributed by atoms with Gasteiger partial charge in [0.15, 0.2) is 0 Å². The SMILES string of the molecule is CCC1(C)CCOC(c2c(F)cccc2F)CN1. The van der Waals surface area contributed by atoms with Gasteiger partial charge in [-0.3, -0.25) is 0 Å². The molecule has 2 nitrogen and oxygen atoms in total. The van der Waals surface area contributed by atoms with Crippen molar-refractivity contribution in [1.82, 2.24) is 5.32 Å². The summed E-state index contributed by atoms with van der Waals surface area (Å²) in [5, 5.41) is 3.35. The first-order chi connectivity index (χ1) is 8.56. The summed E-state index contributed by atoms with van der Waals surface area (Å²) in [6.45, 7) is 5.14. The number of halogens is 2. The molecule has 1 aliphatic rings. The van der Waals surface area contributed by atoms with Crippen LogP contribution in [0.25, 0.3) is 0 Å². The Labute approximate surface area is 106 Å². The highest BCUT2D eigenvalue weighted by Crippen LogP contribution is 2.28. The Balaban J connectivity index is 2.20. The highest BCUT2D eigenvalue weighted by atomic mass is 19.1. The molecule has 1 fully saturated rings. The van der Waals surface area contributed by atoms with Crippen LogP contribution in [0.15, 0.2) is 18.2 Å². The fourth-order valence-corrected chi connectivity index (χ4v) is 2.22. The summed E-state index contributed by atoms with van der Waals surface area (Å²) in [7, 11) is 0. The maximum absolute atomic E-state index is 13.7. The van der Waals surface area contributed by atoms with E-state index < -0.39 is 17.7 Å². The molecule has 1 saturated heterocycles. The molecule has 0 bridgehead atoms. The maximum Gasteiger partial charge on any atom is 0.132 e. The van der Waals surface area contributed by atoms with Crippen LogP contribution in [0.4, 0.5) is 8.78 Å². The normalized spacial score (nSPS) is 29.0. The van der Waals surface area contributed by atoms with Crippen LogP contribution in [0.1, 0.15) is 38.4 Å². The molecule has 1 aromatic carbocycles. The van der Waals surface area contributed by atoms with E-state index in [-0.39, 0.29) is 11.1 Å². The fourth-order valence-electron chi connectivity index (χ4n) is 2.22. The molecular formula is C14H19F2NO. The molecule has 0 saturated carbocycles. The number of nitrogens with one attached hydrogen (secondary N) is 1. The Morgan fingerprint density at radius 1 is 1.39 bits per heavy atom. The molecule has 18 heavy (non-hydrogen) atoms. The van der Waals surface area contributed by atoms with Crippen LogP contribution in [-0.2, 0) is 4.74 Å². The van der Waals surface area contributed by atoms with Crippen molar-refractivity contribution in [3.63, 3.8) is 0 Å². The molecule has 100 valence electrons. The van der Waals surface area contributed by atoms with E-state index >= 15 is 0 Å². The Morgan fingerprint density at radius 2 is 2.06 bits per heavy atom. The van der Waals surface area contributed by atoms with E-state index in [4.69, 9.17) is 4.74 Å². The monoisotopic (exact) mass is 255 g/mol. The Kier molecular flexibility index (Phi) is 3.97. The molecule has 2 atom stereocenters. The molecule has 1 aromatic rings. The minimum atomic E-state index is -0.556. The van der Waals surface area contributed by atoms with Gasteiger partial charge in [0, 0.05) is 18.7 Å². The van der Waals surface area contributed by atoms with Crippen molar-refractivity contribution >= 4 is 0 Å². The zero-order valence-electron chi connectivity index (χ0n) is 10.8. The van der Waals surface area contributed by atoms with Gasteiger partial charge in [0.05, 0.1) is 5.56 Å². The molecular weight excluding hydrogens is 236 g/mol. The molecule has 1 heterocycles. The zero-order valence-corrected chi connectivity index (χ0v) is 10.8. The minimum absolute atomic E-state index is 0.0174. The molecule has 0 amide bonds. The van der Waals surface area contributed by atoms with Gasteiger partial charge < -0.3 is 10.1 Å². The average molecular weight is 255 g/mol. The Bertz CT molecular complexity index is 404. The fraction of sp³-hybridized carbons (Fsp3) is 0.571. The molecule has 2 unspecified atom stereocenters. The number of ether oxygens (including phenoxy) is 1. The second-order valence-corrected chi connectivity index (χ2v) is 5.04. The average Bonchev–Trinajstić information content (AvgIpc) is 2.53. The summed E-state index contributed by atoms with van der Waals surface area (Å²) in [4.78, 5) is 0. The minimum Gasteiger partial charge on any atom is -0.372 e. The van der Waals surface area contributed by atoms with Gasteiger partial charge in [-0.25, -0.2) is 8.78 Å². The maximum atomic E-state index is 13.7. The lowest BCUT2D eigenvalue weighted by Crippen LogP contribution is -2.42. The Hall–Kier alpha value is -1.00. The van der Waals surface area contributed by atoms with E-state index in [1.165, 1.54) is 18.2 Å². The Morgan fingerprint density at radius 3 is 2.67 bits per heavy atom. The van der Waals surface area contributed by atoms with Crippen LogP contribution >= 0.6 is 0 Å². The lowest BCUT2D eigenvalue weighted by atomic mass is 9.95. The molecule has 0 aliphatic carbocycles. The standard InChI is InChI=1S/C14H19F2NO/c1-3-14(2)7-8-18-12(9-17-14)13-10(15)5-4-6-11(13)16/h4-6,12,17H,3,7-9H2,1-2H3. The summed E-state index contributed by atoms with van der Waals surface area (Å²) in [5.41, 5.74) is 0.0154. The topological polar surface area (TPSA) is 21.3 Å². The van der Waals surface area contributed by atoms with E-state index in [1.807, 2.05) is 0 Å². The number of rotatable bonds is 2. The van der Waals surface area contributed by atoms with Crippen LogP contribution in [0.2, 0.25) is 0 Å². The van der Waals surface area contributed by atoms with E-state index in [0.29, 0.717) is 13.2 Å². The van der Waals surface area contributed by atoms with Crippen LogP contribution < -0.4 is 5.32 Å². The lowest BCUT2D eigenvalue weighted by molar-refractivity contribution is 0.0602. The van der Waals surface area contributed by atoms with Crippen molar-refractivity contribution in [2.75, 3.05) is 13.2 Å². The van der Waals surface area contributed by atoms with Gasteiger partial charge in [0.1, 0.15) is 17.7 Å². The quantitative estimate of drug-likeness (QED) is 0.876. The predicted octanol–water partition coefficient (Wildman–Crippen LogP) is 3.18. The first kappa shape index (κ1) is 13.4. The van der Waals surface area contributed by atoms with Gasteiger partial charge in [0.2, 0.25) is 0 Å². The molecule has 0 aromatic heterocycles. The van der Waals surface area contributed by atoms with Crippen LogP contribution in [0.5, 0.6) is 0 Å². The van der Waals surface area contributed by atoms with E-state index in [2.05, 4.69) is 19.2 Å². The summed E-state index contributed by atoms with van der Waals surface area (Å²) in [6.07, 6.45) is 1.25. The molecule has 1 aliphatic heterocycles. The van der Waals surface area contributed by atoms with Crippen molar-refractivity contribution in [3.8, 4) is 0 Å². The second kappa shape index (κ2) is 5.33. The van der Waals surface area contributed by atoms with Gasteiger partial charge in [0.25, 0.3) is 0 Å². The lowest BCUT2D eigenvalue weighted by Gasteiger charge is -2.27. The van der Waals surface area contributed by atoms with Crippen LogP contribution in [0, 0.1) is 11.6 Å². The summed E-state index contributed by atoms with van der Waals surface area (Å²) < 4.78 is 33.0. The van der Waals surface area contributed by atoms with Crippen molar-refractivity contribution in [1.29, 1.82) is 0 Å². The molecule has 1 N–H and O–H groups in total. The van der Waals surface area contributed by atoms with Gasteiger partial charge in [-0.05, 0) is 31.9 Å². The molecule has 2 rings (SSSR count). The third-order valence-corrected chi connectivity index (χ3v) is 3.79. The largest absolute Gasteiger partial charge is 0.372 e. The van der Waals surface area contributed by atoms with Crippen molar-refractivity contribution in [3.05, 3.63) is 35.4 Å². The van der Waals surface area contributed by atoms with Crippen molar-refractivity contribution < 1.29 is 13.5 Å². The molecule has 0 radical (unpaired) electrons. The van der Waals surface area contributed by atoms with Crippen LogP contribution in [-0.4, -0.2) is 18.7 Å². The number of hydrogen-bond donors (Lipinski definition) is 1. The van der Waals surface area contributed by atoms with E-state index in [9.17, 15) is 8.78 Å². The van der Waals surface area contributed by atoms with E-state index in [1.54, 1.807) is 0 Å². The predicted molar refractivity (Wildman–Crippen MR) is 66.4 cm³/mol. The van der Waals surface area contributed by atoms with Gasteiger partial charge in [-0.15, -0.1) is 0 Å². The smallest absolute Gasteiger partial charge is 0.132 e. The summed E-state index contributed by atoms with van der Waals surface area (Å²) >= 11 is 0. The second-order valence-electron chi connectivity index (χ2n) is 5.04. The summed E-state index contributed by atoms with van der Waals surface area (Å²) in [5.74, 6) is -1.08. The van der Waals surface area contributed by atoms with Crippen molar-refractivity contribution in [2.24, 2.45) is 0 Å². The highest BCUT2D eigenvalue weighted by Gasteiger charge is 2.29. The molecule has 4 heteroatoms. The first-order valence-electron chi connectivity index (χ1n) is 6.36. The van der Waals surface area contributed by atoms with E-state index in [0.717, 1.165) is 12.8 Å². The van der Waals surface area contributed by atoms with Gasteiger partial charge in [-0.2, -0.15) is 0 Å². The van der Waals surface area contributed by atoms with Crippen molar-refractivity contribution in [2.45, 2.75) is 38.3 Å². The van der Waals surface area contributed by atoms with Gasteiger partial charge >= 0.3 is 0 Å². The third-order valence-electron chi connectivity index (χ3n) is 3.79. The van der Waals surface area contributed by atoms with Crippen LogP contribution in [0.3, 0.4) is 0 Å². The number of hydrogen-bond acceptors (Lipinski definition) is 2.